The van der Waals surface area contributed by atoms with E-state index in [2.05, 4.69) is 247 Å². The fourth-order valence-electron chi connectivity index (χ4n) is 12.0. The Balaban J connectivity index is 1.38. The normalized spacial score (nSPS) is 12.1. The van der Waals surface area contributed by atoms with Crippen molar-refractivity contribution in [1.82, 2.24) is 0 Å². The lowest BCUT2D eigenvalue weighted by Crippen LogP contribution is -2.74. The van der Waals surface area contributed by atoms with E-state index in [4.69, 9.17) is 0 Å². The van der Waals surface area contributed by atoms with Gasteiger partial charge in [0.25, 0.3) is 0 Å². The summed E-state index contributed by atoms with van der Waals surface area (Å²) in [6, 6.07) is 61.8. The first kappa shape index (κ1) is 45.0. The molecule has 0 radical (unpaired) electrons. The van der Waals surface area contributed by atoms with Crippen molar-refractivity contribution in [3.8, 4) is 0 Å². The lowest BCUT2D eigenvalue weighted by molar-refractivity contribution is 1.12. The molecule has 8 aromatic carbocycles. The van der Waals surface area contributed by atoms with Crippen LogP contribution in [0.3, 0.4) is 0 Å². The summed E-state index contributed by atoms with van der Waals surface area (Å²) in [5, 5.41) is 5.56. The molecule has 322 valence electrons. The maximum Gasteiger partial charge on any atom is 0.242 e. The molecule has 0 unspecified atom stereocenters. The predicted molar refractivity (Wildman–Crippen MR) is 286 cm³/mol. The number of aryl methyl sites for hydroxylation is 12. The Morgan fingerprint density at radius 3 is 0.938 bits per heavy atom. The maximum atomic E-state index is 2.56. The Bertz CT molecular complexity index is 2750. The van der Waals surface area contributed by atoms with Gasteiger partial charge in [0.2, 0.25) is 6.71 Å². The largest absolute Gasteiger partial charge is 0.242 e. The SMILES string of the molecule is Cc1cc(C)c(B(c2ccc([Si](c3ccccc3)(c3ccccc3)c3ccc(S(C)(c4c(C)cc(C)cc4C)c4c(C)cc(C)cc4C)cc3)cc2)c2c(C)cc(C)cc2C)c(C)c1. The fourth-order valence-corrected chi connectivity index (χ4v) is 20.9. The van der Waals surface area contributed by atoms with Gasteiger partial charge >= 0.3 is 0 Å². The molecule has 8 rings (SSSR count). The summed E-state index contributed by atoms with van der Waals surface area (Å²) in [5.41, 5.74) is 20.3. The molecule has 0 aliphatic carbocycles. The van der Waals surface area contributed by atoms with Crippen LogP contribution in [-0.4, -0.2) is 21.0 Å². The van der Waals surface area contributed by atoms with Crippen molar-refractivity contribution in [2.24, 2.45) is 0 Å². The number of hydrogen-bond acceptors (Lipinski definition) is 0. The third-order valence-corrected chi connectivity index (χ3v) is 22.9. The van der Waals surface area contributed by atoms with Crippen LogP contribution in [0, 0.1) is 83.1 Å². The van der Waals surface area contributed by atoms with Crippen LogP contribution in [0.25, 0.3) is 0 Å². The zero-order chi connectivity index (χ0) is 45.7. The molecule has 0 spiro atoms. The number of benzene rings is 8. The second-order valence-corrected chi connectivity index (χ2v) is 26.0. The summed E-state index contributed by atoms with van der Waals surface area (Å²) in [4.78, 5) is 4.37. The minimum Gasteiger partial charge on any atom is -0.162 e. The summed E-state index contributed by atoms with van der Waals surface area (Å²) in [7, 11) is -4.52. The highest BCUT2D eigenvalue weighted by Crippen LogP contribution is 2.69. The van der Waals surface area contributed by atoms with E-state index in [-0.39, 0.29) is 6.71 Å². The summed E-state index contributed by atoms with van der Waals surface area (Å²) < 4.78 is 0. The summed E-state index contributed by atoms with van der Waals surface area (Å²) in [6.07, 6.45) is 2.56. The monoisotopic (exact) mass is 868 g/mol. The Hall–Kier alpha value is -5.61. The van der Waals surface area contributed by atoms with E-state index in [9.17, 15) is 0 Å². The van der Waals surface area contributed by atoms with Crippen LogP contribution >= 0.6 is 10.0 Å². The highest BCUT2D eigenvalue weighted by molar-refractivity contribution is 8.33. The molecule has 0 aromatic heterocycles. The quantitative estimate of drug-likeness (QED) is 0.0949. The molecule has 0 aliphatic rings. The summed E-state index contributed by atoms with van der Waals surface area (Å²) in [6.45, 7) is 27.5. The van der Waals surface area contributed by atoms with Crippen LogP contribution in [-0.2, 0) is 0 Å². The Morgan fingerprint density at radius 2 is 0.609 bits per heavy atom. The molecule has 0 saturated carbocycles. The van der Waals surface area contributed by atoms with Crippen molar-refractivity contribution < 1.29 is 0 Å². The molecule has 0 fully saturated rings. The van der Waals surface area contributed by atoms with Gasteiger partial charge < -0.3 is 0 Å². The van der Waals surface area contributed by atoms with E-state index in [1.807, 2.05) is 0 Å². The number of rotatable bonds is 10. The smallest absolute Gasteiger partial charge is 0.162 e. The van der Waals surface area contributed by atoms with Crippen LogP contribution in [0.15, 0.2) is 172 Å². The molecular formula is C61H65BSSi. The molecule has 3 heteroatoms. The summed E-state index contributed by atoms with van der Waals surface area (Å²) in [5.74, 6) is 0. The Kier molecular flexibility index (Phi) is 12.5. The molecule has 0 heterocycles. The van der Waals surface area contributed by atoms with Crippen molar-refractivity contribution in [2.45, 2.75) is 97.8 Å². The second kappa shape index (κ2) is 17.8. The Labute approximate surface area is 388 Å². The van der Waals surface area contributed by atoms with Crippen molar-refractivity contribution in [3.63, 3.8) is 0 Å². The third kappa shape index (κ3) is 7.86. The van der Waals surface area contributed by atoms with E-state index in [1.165, 1.54) is 119 Å². The fraction of sp³-hybridized carbons (Fsp3) is 0.213. The first-order valence-electron chi connectivity index (χ1n) is 23.0. The average molecular weight is 869 g/mol. The van der Waals surface area contributed by atoms with Crippen LogP contribution in [0.2, 0.25) is 0 Å². The average Bonchev–Trinajstić information content (AvgIpc) is 3.23. The van der Waals surface area contributed by atoms with E-state index in [0.29, 0.717) is 0 Å². The van der Waals surface area contributed by atoms with Gasteiger partial charge in [0.05, 0.1) is 0 Å². The Morgan fingerprint density at radius 1 is 0.328 bits per heavy atom. The minimum absolute atomic E-state index is 0.113. The van der Waals surface area contributed by atoms with Gasteiger partial charge in [0.15, 0.2) is 8.07 Å². The van der Waals surface area contributed by atoms with Gasteiger partial charge in [-0.1, -0.05) is 206 Å². The van der Waals surface area contributed by atoms with Crippen molar-refractivity contribution in [2.75, 3.05) is 6.26 Å². The van der Waals surface area contributed by atoms with Crippen LogP contribution in [0.5, 0.6) is 0 Å². The highest BCUT2D eigenvalue weighted by Gasteiger charge is 2.42. The third-order valence-electron chi connectivity index (χ3n) is 13.9. The zero-order valence-electron chi connectivity index (χ0n) is 40.5. The van der Waals surface area contributed by atoms with Gasteiger partial charge in [-0.05, 0) is 149 Å². The van der Waals surface area contributed by atoms with Gasteiger partial charge in [0, 0.05) is 9.79 Å². The number of hydrogen-bond donors (Lipinski definition) is 0. The zero-order valence-corrected chi connectivity index (χ0v) is 42.3. The second-order valence-electron chi connectivity index (χ2n) is 19.1. The van der Waals surface area contributed by atoms with Gasteiger partial charge in [-0.2, -0.15) is 10.0 Å². The lowest BCUT2D eigenvalue weighted by Gasteiger charge is -2.43. The first-order valence-corrected chi connectivity index (χ1v) is 27.0. The molecule has 0 atom stereocenters. The standard InChI is InChI=1S/C61H65BSSi/c1-40-32-44(5)58(45(6)33-40)62(59-46(7)34-41(2)35-47(59)8)52-24-28-56(29-25-52)64(54-20-16-14-17-21-54,55-22-18-15-19-23-55)57-30-26-53(27-31-57)63(13,60-48(9)36-42(3)37-49(60)10)61-50(11)38-43(4)39-51(61)12/h14-39H,1-13H3. The molecule has 0 aliphatic heterocycles. The first-order chi connectivity index (χ1) is 30.5. The molecule has 0 amide bonds. The topological polar surface area (TPSA) is 0 Å². The molecule has 8 aromatic rings. The predicted octanol–water partition coefficient (Wildman–Crippen LogP) is 11.2. The summed E-state index contributed by atoms with van der Waals surface area (Å²) >= 11 is 0. The van der Waals surface area contributed by atoms with Crippen LogP contribution in [0.4, 0.5) is 0 Å². The van der Waals surface area contributed by atoms with E-state index in [0.717, 1.165) is 0 Å². The molecule has 0 bridgehead atoms. The van der Waals surface area contributed by atoms with Crippen molar-refractivity contribution >= 4 is 62.0 Å². The van der Waals surface area contributed by atoms with Gasteiger partial charge in [-0.3, -0.25) is 0 Å². The molecule has 0 N–H and O–H groups in total. The van der Waals surface area contributed by atoms with Gasteiger partial charge in [-0.25, -0.2) is 0 Å². The van der Waals surface area contributed by atoms with E-state index in [1.54, 1.807) is 0 Å². The molecule has 64 heavy (non-hydrogen) atoms. The molecule has 0 saturated heterocycles. The van der Waals surface area contributed by atoms with Crippen LogP contribution < -0.4 is 37.1 Å². The highest BCUT2D eigenvalue weighted by atomic mass is 32.3. The lowest BCUT2D eigenvalue weighted by atomic mass is 9.34. The van der Waals surface area contributed by atoms with Gasteiger partial charge in [0.1, 0.15) is 0 Å². The molecular weight excluding hydrogens is 804 g/mol. The molecule has 0 nitrogen and oxygen atoms in total. The van der Waals surface area contributed by atoms with E-state index >= 15 is 0 Å². The van der Waals surface area contributed by atoms with Gasteiger partial charge in [-0.15, -0.1) is 0 Å². The van der Waals surface area contributed by atoms with Crippen molar-refractivity contribution in [1.29, 1.82) is 0 Å². The maximum absolute atomic E-state index is 2.86. The van der Waals surface area contributed by atoms with E-state index < -0.39 is 18.1 Å². The minimum atomic E-state index is -2.86. The van der Waals surface area contributed by atoms with Crippen molar-refractivity contribution in [3.05, 3.63) is 224 Å². The van der Waals surface area contributed by atoms with Crippen LogP contribution in [0.1, 0.15) is 66.8 Å².